The minimum absolute atomic E-state index is 0.0884. The number of nitrogens with one attached hydrogen (secondary N) is 1. The van der Waals surface area contributed by atoms with E-state index in [1.807, 2.05) is 0 Å². The maximum atomic E-state index is 13.3. The first-order valence-electron chi connectivity index (χ1n) is 4.79. The molecule has 0 unspecified atom stereocenters. The monoisotopic (exact) mass is 261 g/mol. The summed E-state index contributed by atoms with van der Waals surface area (Å²) < 4.78 is 63.7. The summed E-state index contributed by atoms with van der Waals surface area (Å²) in [6.45, 7) is 0. The van der Waals surface area contributed by atoms with Crippen LogP contribution in [-0.4, -0.2) is 16.1 Å². The third-order valence-corrected chi connectivity index (χ3v) is 2.33. The molecule has 0 bridgehead atoms. The van der Waals surface area contributed by atoms with Gasteiger partial charge in [0.15, 0.2) is 0 Å². The molecule has 1 aromatic heterocycles. The van der Waals surface area contributed by atoms with Gasteiger partial charge in [-0.25, -0.2) is 4.98 Å². The lowest BCUT2D eigenvalue weighted by Gasteiger charge is -2.21. The van der Waals surface area contributed by atoms with Crippen LogP contribution in [-0.2, 0) is 5.92 Å². The Morgan fingerprint density at radius 1 is 1.06 bits per heavy atom. The molecule has 1 heterocycles. The number of hydrogen-bond acceptors (Lipinski definition) is 1. The lowest BCUT2D eigenvalue weighted by Crippen LogP contribution is -2.34. The van der Waals surface area contributed by atoms with E-state index < -0.39 is 17.7 Å². The Morgan fingerprint density at radius 2 is 1.72 bits per heavy atom. The lowest BCUT2D eigenvalue weighted by atomic mass is 9.99. The maximum Gasteiger partial charge on any atom is 0.458 e. The standard InChI is InChI=1S/C11H6F5N2/c12-10(13,11(14,15)16)8-4-2-1-3-7(8)9-5-17-6-18-9/h1-4,6H,(H,17,18). The smallest absolute Gasteiger partial charge is 0.343 e. The first-order chi connectivity index (χ1) is 8.34. The van der Waals surface area contributed by atoms with E-state index in [9.17, 15) is 22.0 Å². The van der Waals surface area contributed by atoms with Crippen molar-refractivity contribution in [3.8, 4) is 11.3 Å². The fourth-order valence-electron chi connectivity index (χ4n) is 1.48. The van der Waals surface area contributed by atoms with E-state index >= 15 is 0 Å². The highest BCUT2D eigenvalue weighted by Gasteiger charge is 2.59. The minimum atomic E-state index is -5.65. The average Bonchev–Trinajstić information content (AvgIpc) is 2.81. The second-order valence-electron chi connectivity index (χ2n) is 3.49. The van der Waals surface area contributed by atoms with Gasteiger partial charge in [-0.2, -0.15) is 22.0 Å². The van der Waals surface area contributed by atoms with Crippen LogP contribution in [0.1, 0.15) is 5.56 Å². The third kappa shape index (κ3) is 1.96. The molecular weight excluding hydrogens is 255 g/mol. The molecule has 0 amide bonds. The lowest BCUT2D eigenvalue weighted by molar-refractivity contribution is -0.289. The Labute approximate surface area is 98.5 Å². The molecule has 0 atom stereocenters. The Balaban J connectivity index is 2.60. The number of aromatic nitrogens is 2. The number of nitrogens with zero attached hydrogens (tertiary/aromatic N) is 1. The summed E-state index contributed by atoms with van der Waals surface area (Å²) in [6.07, 6.45) is -2.12. The normalized spacial score (nSPS) is 12.7. The van der Waals surface area contributed by atoms with Gasteiger partial charge in [0, 0.05) is 11.1 Å². The first-order valence-corrected chi connectivity index (χ1v) is 4.79. The Bertz CT molecular complexity index is 531. The van der Waals surface area contributed by atoms with Gasteiger partial charge < -0.3 is 4.98 Å². The molecule has 18 heavy (non-hydrogen) atoms. The van der Waals surface area contributed by atoms with Gasteiger partial charge in [0.1, 0.15) is 0 Å². The topological polar surface area (TPSA) is 28.7 Å². The molecule has 2 rings (SSSR count). The average molecular weight is 261 g/mol. The summed E-state index contributed by atoms with van der Waals surface area (Å²) in [5.74, 6) is -4.93. The molecule has 1 radical (unpaired) electrons. The Hall–Kier alpha value is -1.92. The molecule has 0 saturated heterocycles. The molecule has 0 fully saturated rings. The van der Waals surface area contributed by atoms with Gasteiger partial charge in [-0.05, 0) is 0 Å². The van der Waals surface area contributed by atoms with Crippen molar-refractivity contribution in [1.29, 1.82) is 0 Å². The molecule has 0 saturated carbocycles. The van der Waals surface area contributed by atoms with Crippen LogP contribution in [0.5, 0.6) is 0 Å². The molecule has 0 aliphatic rings. The molecular formula is C11H6F5N2. The molecule has 0 aliphatic carbocycles. The number of alkyl halides is 5. The van der Waals surface area contributed by atoms with Crippen molar-refractivity contribution in [2.45, 2.75) is 12.1 Å². The largest absolute Gasteiger partial charge is 0.458 e. The van der Waals surface area contributed by atoms with Crippen LogP contribution in [0.15, 0.2) is 30.6 Å². The van der Waals surface area contributed by atoms with Gasteiger partial charge in [-0.3, -0.25) is 0 Å². The van der Waals surface area contributed by atoms with Gasteiger partial charge in [-0.1, -0.05) is 24.3 Å². The second-order valence-corrected chi connectivity index (χ2v) is 3.49. The highest BCUT2D eigenvalue weighted by molar-refractivity contribution is 5.63. The van der Waals surface area contributed by atoms with E-state index in [-0.39, 0.29) is 11.3 Å². The quantitative estimate of drug-likeness (QED) is 0.823. The summed E-state index contributed by atoms with van der Waals surface area (Å²) in [6, 6.07) is 4.34. The number of imidazole rings is 1. The SMILES string of the molecule is FC(F)(F)C(F)(F)c1ccccc1-c1[c][nH]cn1. The summed E-state index contributed by atoms with van der Waals surface area (Å²) in [4.78, 5) is 6.01. The fraction of sp³-hybridized carbons (Fsp3) is 0.182. The van der Waals surface area contributed by atoms with Crippen molar-refractivity contribution in [3.63, 3.8) is 0 Å². The maximum absolute atomic E-state index is 13.3. The van der Waals surface area contributed by atoms with Gasteiger partial charge in [-0.15, -0.1) is 0 Å². The van der Waals surface area contributed by atoms with E-state index in [4.69, 9.17) is 0 Å². The fourth-order valence-corrected chi connectivity index (χ4v) is 1.48. The van der Waals surface area contributed by atoms with Crippen LogP contribution in [0.4, 0.5) is 22.0 Å². The molecule has 0 spiro atoms. The van der Waals surface area contributed by atoms with Crippen molar-refractivity contribution < 1.29 is 22.0 Å². The Kier molecular flexibility index (Phi) is 2.84. The number of aromatic amines is 1. The van der Waals surface area contributed by atoms with E-state index in [0.717, 1.165) is 24.5 Å². The van der Waals surface area contributed by atoms with Crippen LogP contribution in [0.25, 0.3) is 11.3 Å². The summed E-state index contributed by atoms with van der Waals surface area (Å²) in [5.41, 5.74) is -1.53. The number of halogens is 5. The first kappa shape index (κ1) is 12.5. The zero-order valence-electron chi connectivity index (χ0n) is 8.72. The van der Waals surface area contributed by atoms with Crippen LogP contribution in [0.2, 0.25) is 0 Å². The van der Waals surface area contributed by atoms with E-state index in [1.54, 1.807) is 0 Å². The van der Waals surface area contributed by atoms with Gasteiger partial charge in [0.2, 0.25) is 0 Å². The summed E-state index contributed by atoms with van der Waals surface area (Å²) in [7, 11) is 0. The second kappa shape index (κ2) is 4.08. The molecule has 2 nitrogen and oxygen atoms in total. The van der Waals surface area contributed by atoms with Crippen molar-refractivity contribution in [3.05, 3.63) is 42.4 Å². The highest BCUT2D eigenvalue weighted by Crippen LogP contribution is 2.46. The molecule has 7 heteroatoms. The van der Waals surface area contributed by atoms with Gasteiger partial charge in [0.25, 0.3) is 0 Å². The number of hydrogen-bond donors (Lipinski definition) is 1. The molecule has 1 N–H and O–H groups in total. The van der Waals surface area contributed by atoms with Gasteiger partial charge >= 0.3 is 12.1 Å². The zero-order chi connectivity index (χ0) is 13.4. The third-order valence-electron chi connectivity index (χ3n) is 2.33. The van der Waals surface area contributed by atoms with Crippen LogP contribution >= 0.6 is 0 Å². The predicted octanol–water partition coefficient (Wildman–Crippen LogP) is 3.53. The van der Waals surface area contributed by atoms with Crippen molar-refractivity contribution in [1.82, 2.24) is 9.97 Å². The molecule has 95 valence electrons. The van der Waals surface area contributed by atoms with Crippen molar-refractivity contribution >= 4 is 0 Å². The van der Waals surface area contributed by atoms with E-state index in [1.165, 1.54) is 6.07 Å². The number of rotatable bonds is 2. The Morgan fingerprint density at radius 3 is 2.28 bits per heavy atom. The van der Waals surface area contributed by atoms with Crippen LogP contribution in [0, 0.1) is 6.20 Å². The summed E-state index contributed by atoms with van der Waals surface area (Å²) in [5, 5.41) is 0. The van der Waals surface area contributed by atoms with Crippen molar-refractivity contribution in [2.75, 3.05) is 0 Å². The zero-order valence-corrected chi connectivity index (χ0v) is 8.72. The van der Waals surface area contributed by atoms with E-state index in [0.29, 0.717) is 0 Å². The molecule has 1 aromatic carbocycles. The van der Waals surface area contributed by atoms with Crippen LogP contribution in [0.3, 0.4) is 0 Å². The predicted molar refractivity (Wildman–Crippen MR) is 52.8 cm³/mol. The highest BCUT2D eigenvalue weighted by atomic mass is 19.4. The minimum Gasteiger partial charge on any atom is -0.343 e. The van der Waals surface area contributed by atoms with Gasteiger partial charge in [0.05, 0.1) is 18.2 Å². The van der Waals surface area contributed by atoms with Crippen molar-refractivity contribution in [2.24, 2.45) is 0 Å². The van der Waals surface area contributed by atoms with E-state index in [2.05, 4.69) is 16.2 Å². The van der Waals surface area contributed by atoms with Crippen LogP contribution < -0.4 is 0 Å². The molecule has 2 aromatic rings. The molecule has 0 aliphatic heterocycles. The number of H-pyrrole nitrogens is 1. The number of benzene rings is 1. The summed E-state index contributed by atoms with van der Waals surface area (Å²) >= 11 is 0.